The van der Waals surface area contributed by atoms with Gasteiger partial charge in [0.15, 0.2) is 5.82 Å². The molecule has 3 aromatic rings. The van der Waals surface area contributed by atoms with Gasteiger partial charge in [0.05, 0.1) is 11.6 Å². The van der Waals surface area contributed by atoms with E-state index in [2.05, 4.69) is 20.4 Å². The van der Waals surface area contributed by atoms with Crippen molar-refractivity contribution in [2.75, 3.05) is 24.6 Å². The molecule has 0 amide bonds. The van der Waals surface area contributed by atoms with Crippen LogP contribution < -0.4 is 0 Å². The molecule has 0 bridgehead atoms. The fraction of sp³-hybridized carbons (Fsp3) is 0.381. The van der Waals surface area contributed by atoms with Gasteiger partial charge in [0.25, 0.3) is 0 Å². The monoisotopic (exact) mass is 433 g/mol. The van der Waals surface area contributed by atoms with Crippen molar-refractivity contribution in [1.29, 1.82) is 0 Å². The van der Waals surface area contributed by atoms with Crippen molar-refractivity contribution >= 4 is 11.8 Å². The van der Waals surface area contributed by atoms with Crippen molar-refractivity contribution in [3.8, 4) is 0 Å². The predicted molar refractivity (Wildman–Crippen MR) is 110 cm³/mol. The number of alkyl halides is 3. The molecular weight excluding hydrogens is 411 g/mol. The molecule has 0 saturated carbocycles. The van der Waals surface area contributed by atoms with E-state index in [4.69, 9.17) is 0 Å². The average Bonchev–Trinajstić information content (AvgIpc) is 3.22. The fourth-order valence-electron chi connectivity index (χ4n) is 3.69. The Morgan fingerprint density at radius 3 is 2.50 bits per heavy atom. The summed E-state index contributed by atoms with van der Waals surface area (Å²) in [5, 5.41) is 12.2. The zero-order chi connectivity index (χ0) is 21.0. The summed E-state index contributed by atoms with van der Waals surface area (Å²) >= 11 is 1.85. The fourth-order valence-corrected chi connectivity index (χ4v) is 4.62. The molecule has 1 aliphatic heterocycles. The van der Waals surface area contributed by atoms with Gasteiger partial charge in [-0.3, -0.25) is 4.90 Å². The largest absolute Gasteiger partial charge is 0.416 e. The number of aryl methyl sites for hydroxylation is 2. The van der Waals surface area contributed by atoms with E-state index in [1.54, 1.807) is 10.7 Å². The first-order chi connectivity index (χ1) is 14.5. The second kappa shape index (κ2) is 9.18. The number of nitrogens with zero attached hydrogens (tertiary/aromatic N) is 5. The van der Waals surface area contributed by atoms with E-state index in [0.29, 0.717) is 17.9 Å². The minimum absolute atomic E-state index is 0.418. The Hall–Kier alpha value is -2.39. The zero-order valence-electron chi connectivity index (χ0n) is 16.3. The summed E-state index contributed by atoms with van der Waals surface area (Å²) in [4.78, 5) is 2.18. The highest BCUT2D eigenvalue weighted by Gasteiger charge is 2.34. The van der Waals surface area contributed by atoms with Crippen molar-refractivity contribution in [2.24, 2.45) is 0 Å². The topological polar surface area (TPSA) is 46.8 Å². The number of thioether (sulfide) groups is 1. The Labute approximate surface area is 177 Å². The summed E-state index contributed by atoms with van der Waals surface area (Å²) < 4.78 is 41.7. The van der Waals surface area contributed by atoms with Crippen LogP contribution in [0.3, 0.4) is 0 Å². The van der Waals surface area contributed by atoms with E-state index in [0.717, 1.165) is 42.6 Å². The lowest BCUT2D eigenvalue weighted by Crippen LogP contribution is -2.38. The Kier molecular flexibility index (Phi) is 6.38. The lowest BCUT2D eigenvalue weighted by atomic mass is 10.0. The number of rotatable bonds is 6. The van der Waals surface area contributed by atoms with Gasteiger partial charge in [-0.15, -0.1) is 5.10 Å². The first kappa shape index (κ1) is 20.9. The molecule has 0 N–H and O–H groups in total. The predicted octanol–water partition coefficient (Wildman–Crippen LogP) is 4.07. The number of tetrazole rings is 1. The third kappa shape index (κ3) is 4.84. The van der Waals surface area contributed by atoms with Gasteiger partial charge in [0.1, 0.15) is 0 Å². The van der Waals surface area contributed by atoms with Crippen LogP contribution in [0.2, 0.25) is 0 Å². The smallest absolute Gasteiger partial charge is 0.288 e. The van der Waals surface area contributed by atoms with Crippen LogP contribution >= 0.6 is 11.8 Å². The van der Waals surface area contributed by atoms with Crippen molar-refractivity contribution in [2.45, 2.75) is 25.2 Å². The summed E-state index contributed by atoms with van der Waals surface area (Å²) in [7, 11) is 0. The highest BCUT2D eigenvalue weighted by atomic mass is 32.2. The lowest BCUT2D eigenvalue weighted by Gasteiger charge is -2.34. The number of halogens is 3. The molecule has 9 heteroatoms. The van der Waals surface area contributed by atoms with E-state index in [9.17, 15) is 13.2 Å². The van der Waals surface area contributed by atoms with Crippen LogP contribution in [0.25, 0.3) is 0 Å². The van der Waals surface area contributed by atoms with Crippen molar-refractivity contribution in [3.05, 3.63) is 77.1 Å². The molecule has 158 valence electrons. The molecule has 0 spiro atoms. The molecule has 30 heavy (non-hydrogen) atoms. The normalized spacial score (nSPS) is 16.5. The van der Waals surface area contributed by atoms with Crippen LogP contribution in [0.5, 0.6) is 0 Å². The van der Waals surface area contributed by atoms with Gasteiger partial charge in [-0.2, -0.15) is 24.9 Å². The Balaban J connectivity index is 1.67. The molecule has 1 aromatic heterocycles. The molecule has 1 saturated heterocycles. The van der Waals surface area contributed by atoms with Gasteiger partial charge in [0, 0.05) is 31.1 Å². The van der Waals surface area contributed by atoms with Gasteiger partial charge >= 0.3 is 6.18 Å². The van der Waals surface area contributed by atoms with E-state index in [1.165, 1.54) is 12.1 Å². The SMILES string of the molecule is FC(F)(F)c1cccc(C(c2nnnn2CCc2ccccc2)N2CCSCC2)c1. The van der Waals surface area contributed by atoms with E-state index >= 15 is 0 Å². The number of hydrogen-bond donors (Lipinski definition) is 0. The van der Waals surface area contributed by atoms with Crippen LogP contribution in [0.4, 0.5) is 13.2 Å². The minimum Gasteiger partial charge on any atom is -0.288 e. The quantitative estimate of drug-likeness (QED) is 0.587. The standard InChI is InChI=1S/C21H22F3N5S/c22-21(23,24)18-8-4-7-17(15-18)19(28-11-13-30-14-12-28)20-25-26-27-29(20)10-9-16-5-2-1-3-6-16/h1-8,15,19H,9-14H2. The molecule has 1 fully saturated rings. The van der Waals surface area contributed by atoms with Crippen LogP contribution in [-0.4, -0.2) is 49.7 Å². The van der Waals surface area contributed by atoms with Crippen LogP contribution in [0.1, 0.15) is 28.6 Å². The minimum atomic E-state index is -4.39. The lowest BCUT2D eigenvalue weighted by molar-refractivity contribution is -0.137. The Morgan fingerprint density at radius 1 is 1.00 bits per heavy atom. The van der Waals surface area contributed by atoms with Crippen LogP contribution in [-0.2, 0) is 19.1 Å². The molecule has 5 nitrogen and oxygen atoms in total. The molecule has 0 radical (unpaired) electrons. The van der Waals surface area contributed by atoms with Gasteiger partial charge in [-0.05, 0) is 40.1 Å². The van der Waals surface area contributed by atoms with Crippen molar-refractivity contribution in [3.63, 3.8) is 0 Å². The zero-order valence-corrected chi connectivity index (χ0v) is 17.1. The van der Waals surface area contributed by atoms with Crippen molar-refractivity contribution in [1.82, 2.24) is 25.1 Å². The number of hydrogen-bond acceptors (Lipinski definition) is 5. The molecule has 4 rings (SSSR count). The van der Waals surface area contributed by atoms with Crippen molar-refractivity contribution < 1.29 is 13.2 Å². The van der Waals surface area contributed by atoms with Gasteiger partial charge in [-0.1, -0.05) is 42.5 Å². The molecule has 0 aliphatic carbocycles. The maximum absolute atomic E-state index is 13.3. The van der Waals surface area contributed by atoms with Crippen LogP contribution in [0.15, 0.2) is 54.6 Å². The highest BCUT2D eigenvalue weighted by Crippen LogP contribution is 2.34. The molecular formula is C21H22F3N5S. The summed E-state index contributed by atoms with van der Waals surface area (Å²) in [6, 6.07) is 15.1. The van der Waals surface area contributed by atoms with Gasteiger partial charge < -0.3 is 0 Å². The summed E-state index contributed by atoms with van der Waals surface area (Å²) in [5.74, 6) is 2.44. The number of aromatic nitrogens is 4. The Bertz CT molecular complexity index is 955. The average molecular weight is 434 g/mol. The van der Waals surface area contributed by atoms with Gasteiger partial charge in [0.2, 0.25) is 0 Å². The second-order valence-electron chi connectivity index (χ2n) is 7.17. The maximum Gasteiger partial charge on any atom is 0.416 e. The number of benzene rings is 2. The van der Waals surface area contributed by atoms with E-state index < -0.39 is 17.8 Å². The second-order valence-corrected chi connectivity index (χ2v) is 8.39. The molecule has 1 atom stereocenters. The maximum atomic E-state index is 13.3. The van der Waals surface area contributed by atoms with E-state index in [-0.39, 0.29) is 0 Å². The summed E-state index contributed by atoms with van der Waals surface area (Å²) in [6.45, 7) is 2.11. The molecule has 2 aromatic carbocycles. The first-order valence-electron chi connectivity index (χ1n) is 9.81. The summed E-state index contributed by atoms with van der Waals surface area (Å²) in [5.41, 5.74) is 1.07. The molecule has 1 aliphatic rings. The molecule has 1 unspecified atom stereocenters. The van der Waals surface area contributed by atoms with Crippen LogP contribution in [0, 0.1) is 0 Å². The Morgan fingerprint density at radius 2 is 1.77 bits per heavy atom. The molecule has 2 heterocycles. The first-order valence-corrected chi connectivity index (χ1v) is 11.0. The third-order valence-electron chi connectivity index (χ3n) is 5.20. The van der Waals surface area contributed by atoms with E-state index in [1.807, 2.05) is 42.1 Å². The summed E-state index contributed by atoms with van der Waals surface area (Å²) in [6.07, 6.45) is -3.65. The van der Waals surface area contributed by atoms with Gasteiger partial charge in [-0.25, -0.2) is 4.68 Å². The highest BCUT2D eigenvalue weighted by molar-refractivity contribution is 7.99. The third-order valence-corrected chi connectivity index (χ3v) is 6.14.